The molecular formula is C28H33N5O5. The molecule has 4 heterocycles. The Balaban J connectivity index is 1.23. The first-order valence-electron chi connectivity index (χ1n) is 13.4. The maximum atomic E-state index is 13.4. The summed E-state index contributed by atoms with van der Waals surface area (Å²) >= 11 is 0. The largest absolute Gasteiger partial charge is 0.475 e. The average Bonchev–Trinajstić information content (AvgIpc) is 3.72. The molecule has 3 aliphatic heterocycles. The molecule has 1 aromatic carbocycles. The van der Waals surface area contributed by atoms with E-state index in [2.05, 4.69) is 27.3 Å². The van der Waals surface area contributed by atoms with E-state index in [-0.39, 0.29) is 60.9 Å². The Bertz CT molecular complexity index is 1190. The van der Waals surface area contributed by atoms with Crippen molar-refractivity contribution in [1.29, 1.82) is 0 Å². The van der Waals surface area contributed by atoms with Gasteiger partial charge in [0, 0.05) is 51.4 Å². The molecular weight excluding hydrogens is 486 g/mol. The molecule has 3 atom stereocenters. The van der Waals surface area contributed by atoms with E-state index in [1.807, 2.05) is 23.1 Å². The van der Waals surface area contributed by atoms with Gasteiger partial charge in [-0.05, 0) is 30.5 Å². The van der Waals surface area contributed by atoms with Gasteiger partial charge in [0.05, 0.1) is 18.2 Å². The van der Waals surface area contributed by atoms with Gasteiger partial charge in [-0.3, -0.25) is 19.3 Å². The molecule has 3 fully saturated rings. The van der Waals surface area contributed by atoms with E-state index in [0.717, 1.165) is 19.4 Å². The Morgan fingerprint density at radius 1 is 1.03 bits per heavy atom. The highest BCUT2D eigenvalue weighted by atomic mass is 16.5. The van der Waals surface area contributed by atoms with Crippen molar-refractivity contribution < 1.29 is 23.9 Å². The highest BCUT2D eigenvalue weighted by Gasteiger charge is 2.40. The molecule has 0 spiro atoms. The van der Waals surface area contributed by atoms with E-state index in [1.54, 1.807) is 23.2 Å². The lowest BCUT2D eigenvalue weighted by Gasteiger charge is -2.41. The quantitative estimate of drug-likeness (QED) is 0.643. The number of ether oxygens (including phenoxy) is 2. The second-order valence-corrected chi connectivity index (χ2v) is 10.6. The minimum atomic E-state index is -0.352. The summed E-state index contributed by atoms with van der Waals surface area (Å²) in [7, 11) is 0. The Hall–Kier alpha value is -3.50. The summed E-state index contributed by atoms with van der Waals surface area (Å²) in [6, 6.07) is 12.9. The number of benzene rings is 1. The summed E-state index contributed by atoms with van der Waals surface area (Å²) in [4.78, 5) is 49.6. The third-order valence-corrected chi connectivity index (χ3v) is 7.80. The van der Waals surface area contributed by atoms with Gasteiger partial charge in [0.25, 0.3) is 5.91 Å². The zero-order valence-corrected chi connectivity index (χ0v) is 21.3. The number of fused-ring (bicyclic) bond motifs is 3. The number of rotatable bonds is 3. The molecule has 38 heavy (non-hydrogen) atoms. The summed E-state index contributed by atoms with van der Waals surface area (Å²) in [5.41, 5.74) is 1.51. The summed E-state index contributed by atoms with van der Waals surface area (Å²) in [6.07, 6.45) is 3.11. The van der Waals surface area contributed by atoms with Gasteiger partial charge in [-0.1, -0.05) is 30.3 Å². The first-order valence-corrected chi connectivity index (χ1v) is 13.4. The van der Waals surface area contributed by atoms with Crippen molar-refractivity contribution >= 4 is 17.7 Å². The molecule has 1 aromatic heterocycles. The summed E-state index contributed by atoms with van der Waals surface area (Å²) in [5.74, 6) is 0.0647. The van der Waals surface area contributed by atoms with Crippen LogP contribution >= 0.6 is 0 Å². The van der Waals surface area contributed by atoms with Crippen LogP contribution in [0.1, 0.15) is 28.8 Å². The average molecular weight is 520 g/mol. The number of hydrogen-bond acceptors (Lipinski definition) is 7. The predicted molar refractivity (Wildman–Crippen MR) is 137 cm³/mol. The normalized spacial score (nSPS) is 26.6. The third-order valence-electron chi connectivity index (χ3n) is 7.80. The van der Waals surface area contributed by atoms with Gasteiger partial charge in [-0.2, -0.15) is 0 Å². The first kappa shape index (κ1) is 24.8. The Kier molecular flexibility index (Phi) is 6.99. The molecule has 200 valence electrons. The predicted octanol–water partition coefficient (Wildman–Crippen LogP) is 0.923. The van der Waals surface area contributed by atoms with Gasteiger partial charge in [-0.15, -0.1) is 0 Å². The molecule has 2 aromatic rings. The maximum absolute atomic E-state index is 13.4. The Morgan fingerprint density at radius 3 is 2.68 bits per heavy atom. The maximum Gasteiger partial charge on any atom is 0.257 e. The second kappa shape index (κ2) is 10.7. The number of hydrogen-bond donors (Lipinski definition) is 1. The van der Waals surface area contributed by atoms with Gasteiger partial charge in [0.15, 0.2) is 0 Å². The molecule has 0 unspecified atom stereocenters. The minimum absolute atomic E-state index is 0.0888. The summed E-state index contributed by atoms with van der Waals surface area (Å²) in [5, 5.41) is 3.10. The van der Waals surface area contributed by atoms with Gasteiger partial charge < -0.3 is 24.6 Å². The van der Waals surface area contributed by atoms with Crippen LogP contribution in [0, 0.1) is 5.92 Å². The molecule has 1 aliphatic carbocycles. The Labute approximate surface area is 221 Å². The molecule has 0 radical (unpaired) electrons. The van der Waals surface area contributed by atoms with E-state index in [9.17, 15) is 14.4 Å². The first-order chi connectivity index (χ1) is 18.5. The molecule has 10 heteroatoms. The van der Waals surface area contributed by atoms with Crippen molar-refractivity contribution in [3.8, 4) is 5.88 Å². The van der Waals surface area contributed by atoms with E-state index >= 15 is 0 Å². The molecule has 1 saturated carbocycles. The standard InChI is InChI=1S/C28H33N5O5/c34-25-18-37-24-16-31(13-19-5-2-1-3-6-19)15-23(24)30-26(35)22-7-4-10-29-27(22)38-17-21-14-32(11-12-33(21)25)28(36)20-8-9-20/h1-7,10,20-21,23-24H,8-9,11-18H2,(H,30,35)/t21-,23+,24-/m0/s1. The molecule has 10 nitrogen and oxygen atoms in total. The lowest BCUT2D eigenvalue weighted by Crippen LogP contribution is -2.59. The number of carbonyl (C=O) groups is 3. The van der Waals surface area contributed by atoms with E-state index < -0.39 is 0 Å². The van der Waals surface area contributed by atoms with Crippen molar-refractivity contribution in [3.05, 3.63) is 59.8 Å². The van der Waals surface area contributed by atoms with Crippen LogP contribution in [-0.2, 0) is 20.9 Å². The zero-order valence-electron chi connectivity index (χ0n) is 21.3. The number of nitrogens with one attached hydrogen (secondary N) is 1. The van der Waals surface area contributed by atoms with Gasteiger partial charge in [-0.25, -0.2) is 4.98 Å². The highest BCUT2D eigenvalue weighted by Crippen LogP contribution is 2.32. The molecule has 2 saturated heterocycles. The van der Waals surface area contributed by atoms with Gasteiger partial charge in [0.2, 0.25) is 17.7 Å². The van der Waals surface area contributed by atoms with Crippen molar-refractivity contribution in [2.24, 2.45) is 5.92 Å². The van der Waals surface area contributed by atoms with Crippen molar-refractivity contribution in [2.45, 2.75) is 37.6 Å². The lowest BCUT2D eigenvalue weighted by molar-refractivity contribution is -0.149. The van der Waals surface area contributed by atoms with E-state index in [1.165, 1.54) is 5.56 Å². The Morgan fingerprint density at radius 2 is 1.87 bits per heavy atom. The lowest BCUT2D eigenvalue weighted by atomic mass is 10.1. The number of amides is 3. The fraction of sp³-hybridized carbons (Fsp3) is 0.500. The molecule has 3 amide bonds. The number of carbonyl (C=O) groups excluding carboxylic acids is 3. The molecule has 1 N–H and O–H groups in total. The molecule has 6 rings (SSSR count). The smallest absolute Gasteiger partial charge is 0.257 e. The number of likely N-dealkylation sites (tertiary alicyclic amines) is 1. The monoisotopic (exact) mass is 519 g/mol. The van der Waals surface area contributed by atoms with Crippen LogP contribution in [0.2, 0.25) is 0 Å². The fourth-order valence-electron chi connectivity index (χ4n) is 5.61. The van der Waals surface area contributed by atoms with Crippen LogP contribution in [0.15, 0.2) is 48.7 Å². The molecule has 0 bridgehead atoms. The van der Waals surface area contributed by atoms with Crippen LogP contribution in [0.5, 0.6) is 5.88 Å². The van der Waals surface area contributed by atoms with Crippen LogP contribution in [0.4, 0.5) is 0 Å². The molecule has 4 aliphatic rings. The van der Waals surface area contributed by atoms with Crippen molar-refractivity contribution in [1.82, 2.24) is 25.0 Å². The summed E-state index contributed by atoms with van der Waals surface area (Å²) in [6.45, 7) is 3.28. The van der Waals surface area contributed by atoms with Crippen LogP contribution in [-0.4, -0.2) is 102 Å². The van der Waals surface area contributed by atoms with Crippen LogP contribution in [0.25, 0.3) is 0 Å². The summed E-state index contributed by atoms with van der Waals surface area (Å²) < 4.78 is 12.2. The zero-order chi connectivity index (χ0) is 26.1. The SMILES string of the molecule is O=C1N[C@@H]2CN(Cc3ccccc3)C[C@@H]2OCC(=O)N2CCN(C(=O)C3CC3)C[C@H]2COc2ncccc21. The number of aromatic nitrogens is 1. The number of nitrogens with zero attached hydrogens (tertiary/aromatic N) is 4. The van der Waals surface area contributed by atoms with Crippen molar-refractivity contribution in [3.63, 3.8) is 0 Å². The van der Waals surface area contributed by atoms with Crippen LogP contribution in [0.3, 0.4) is 0 Å². The number of pyridine rings is 1. The van der Waals surface area contributed by atoms with Gasteiger partial charge >= 0.3 is 0 Å². The topological polar surface area (TPSA) is 104 Å². The number of piperazine rings is 1. The minimum Gasteiger partial charge on any atom is -0.475 e. The van der Waals surface area contributed by atoms with Crippen LogP contribution < -0.4 is 10.1 Å². The second-order valence-electron chi connectivity index (χ2n) is 10.6. The van der Waals surface area contributed by atoms with Crippen molar-refractivity contribution in [2.75, 3.05) is 45.9 Å². The fourth-order valence-corrected chi connectivity index (χ4v) is 5.61. The van der Waals surface area contributed by atoms with E-state index in [0.29, 0.717) is 38.3 Å². The third kappa shape index (κ3) is 5.37. The van der Waals surface area contributed by atoms with Gasteiger partial charge in [0.1, 0.15) is 18.8 Å². The van der Waals surface area contributed by atoms with E-state index in [4.69, 9.17) is 9.47 Å². The highest BCUT2D eigenvalue weighted by molar-refractivity contribution is 5.96.